The molecule has 2 heterocycles. The molecule has 0 radical (unpaired) electrons. The SMILES string of the molecule is COc1ccc([C@@H]2CC(=O)Oc3cc4c(c(OC)c32)C(=O)O[C@H](C)CCCC(=O)CCCC=C4)c(OC)c1OC. The highest BCUT2D eigenvalue weighted by molar-refractivity contribution is 5.99. The zero-order valence-electron chi connectivity index (χ0n) is 23.7. The third kappa shape index (κ3) is 5.93. The fourth-order valence-corrected chi connectivity index (χ4v) is 5.37. The average molecular weight is 553 g/mol. The van der Waals surface area contributed by atoms with Crippen LogP contribution in [0, 0.1) is 0 Å². The average Bonchev–Trinajstić information content (AvgIpc) is 2.94. The van der Waals surface area contributed by atoms with E-state index in [9.17, 15) is 14.4 Å². The summed E-state index contributed by atoms with van der Waals surface area (Å²) in [5.74, 6) is 0.475. The molecule has 9 heteroatoms. The summed E-state index contributed by atoms with van der Waals surface area (Å²) < 4.78 is 34.2. The number of carbonyl (C=O) groups excluding carboxylic acids is 3. The molecule has 4 rings (SSSR count). The van der Waals surface area contributed by atoms with Crippen molar-refractivity contribution in [2.75, 3.05) is 28.4 Å². The van der Waals surface area contributed by atoms with Crippen molar-refractivity contribution in [3.63, 3.8) is 0 Å². The molecule has 2 aliphatic heterocycles. The van der Waals surface area contributed by atoms with Crippen molar-refractivity contribution < 1.29 is 42.8 Å². The van der Waals surface area contributed by atoms with E-state index in [4.69, 9.17) is 28.4 Å². The predicted octanol–water partition coefficient (Wildman–Crippen LogP) is 5.64. The molecule has 0 fully saturated rings. The topological polar surface area (TPSA) is 107 Å². The molecule has 0 aliphatic carbocycles. The van der Waals surface area contributed by atoms with Crippen LogP contribution in [0.15, 0.2) is 24.3 Å². The summed E-state index contributed by atoms with van der Waals surface area (Å²) in [5, 5.41) is 0. The van der Waals surface area contributed by atoms with Gasteiger partial charge in [0, 0.05) is 29.9 Å². The predicted molar refractivity (Wildman–Crippen MR) is 148 cm³/mol. The van der Waals surface area contributed by atoms with Gasteiger partial charge in [-0.25, -0.2) is 4.79 Å². The van der Waals surface area contributed by atoms with Crippen molar-refractivity contribution in [1.82, 2.24) is 0 Å². The summed E-state index contributed by atoms with van der Waals surface area (Å²) in [6.45, 7) is 1.81. The number of hydrogen-bond donors (Lipinski definition) is 0. The largest absolute Gasteiger partial charge is 0.495 e. The lowest BCUT2D eigenvalue weighted by Gasteiger charge is -2.30. The van der Waals surface area contributed by atoms with Gasteiger partial charge in [0.15, 0.2) is 11.5 Å². The number of methoxy groups -OCH3 is 4. The normalized spacial score (nSPS) is 19.9. The van der Waals surface area contributed by atoms with Gasteiger partial charge < -0.3 is 28.4 Å². The molecule has 2 aromatic rings. The summed E-state index contributed by atoms with van der Waals surface area (Å²) >= 11 is 0. The number of allylic oxidation sites excluding steroid dienone is 1. The van der Waals surface area contributed by atoms with Gasteiger partial charge in [-0.3, -0.25) is 9.59 Å². The van der Waals surface area contributed by atoms with E-state index in [2.05, 4.69) is 0 Å². The van der Waals surface area contributed by atoms with E-state index >= 15 is 0 Å². The van der Waals surface area contributed by atoms with Gasteiger partial charge in [0.05, 0.1) is 41.0 Å². The number of ether oxygens (including phenoxy) is 6. The number of ketones is 1. The standard InChI is InChI=1S/C31H36O9/c1-18-10-9-13-20(32)12-8-6-7-11-19-16-24-27(30(38-5)26(19)31(34)39-18)22(17-25(33)40-24)21-14-15-23(35-2)29(37-4)28(21)36-3/h7,11,14-16,18,22H,6,8-10,12-13,17H2,1-5H3/t18-,22+/m1/s1. The molecule has 0 saturated carbocycles. The van der Waals surface area contributed by atoms with Crippen LogP contribution < -0.4 is 23.7 Å². The van der Waals surface area contributed by atoms with Gasteiger partial charge in [0.1, 0.15) is 22.8 Å². The smallest absolute Gasteiger partial charge is 0.342 e. The first-order valence-corrected chi connectivity index (χ1v) is 13.5. The Kier molecular flexibility index (Phi) is 9.34. The molecule has 2 atom stereocenters. The Labute approximate surface area is 234 Å². The number of cyclic esters (lactones) is 1. The van der Waals surface area contributed by atoms with Gasteiger partial charge in [-0.05, 0) is 50.3 Å². The molecule has 0 unspecified atom stereocenters. The number of esters is 2. The number of hydrogen-bond acceptors (Lipinski definition) is 9. The molecule has 0 amide bonds. The Balaban J connectivity index is 1.92. The number of Topliss-reactive ketones (excluding diaryl/α,β-unsaturated/α-hetero) is 1. The summed E-state index contributed by atoms with van der Waals surface area (Å²) in [6, 6.07) is 5.22. The van der Waals surface area contributed by atoms with Crippen molar-refractivity contribution >= 4 is 23.8 Å². The monoisotopic (exact) mass is 552 g/mol. The minimum atomic E-state index is -0.570. The van der Waals surface area contributed by atoms with Gasteiger partial charge >= 0.3 is 11.9 Å². The van der Waals surface area contributed by atoms with Crippen LogP contribution in [0.1, 0.15) is 84.8 Å². The second-order valence-corrected chi connectivity index (χ2v) is 9.88. The van der Waals surface area contributed by atoms with Crippen LogP contribution in [-0.4, -0.2) is 52.3 Å². The molecule has 0 spiro atoms. The summed E-state index contributed by atoms with van der Waals surface area (Å²) in [7, 11) is 6.03. The van der Waals surface area contributed by atoms with Crippen molar-refractivity contribution in [1.29, 1.82) is 0 Å². The molecule has 2 aliphatic rings. The number of carbonyl (C=O) groups is 3. The summed E-state index contributed by atoms with van der Waals surface area (Å²) in [4.78, 5) is 38.7. The molecule has 214 valence electrons. The lowest BCUT2D eigenvalue weighted by atomic mass is 9.82. The molecule has 0 aromatic heterocycles. The van der Waals surface area contributed by atoms with E-state index in [0.29, 0.717) is 72.5 Å². The molecule has 2 aromatic carbocycles. The fourth-order valence-electron chi connectivity index (χ4n) is 5.37. The van der Waals surface area contributed by atoms with Crippen molar-refractivity contribution in [3.8, 4) is 28.7 Å². The minimum absolute atomic E-state index is 0.0106. The van der Waals surface area contributed by atoms with Gasteiger partial charge in [-0.1, -0.05) is 18.2 Å². The highest BCUT2D eigenvalue weighted by atomic mass is 16.6. The van der Waals surface area contributed by atoms with Crippen molar-refractivity contribution in [2.24, 2.45) is 0 Å². The zero-order chi connectivity index (χ0) is 28.8. The molecule has 40 heavy (non-hydrogen) atoms. The summed E-state index contributed by atoms with van der Waals surface area (Å²) in [5.41, 5.74) is 1.94. The van der Waals surface area contributed by atoms with Crippen LogP contribution in [0.2, 0.25) is 0 Å². The second kappa shape index (κ2) is 12.9. The van der Waals surface area contributed by atoms with Crippen LogP contribution in [-0.2, 0) is 14.3 Å². The van der Waals surface area contributed by atoms with E-state index in [1.54, 1.807) is 24.3 Å². The quantitative estimate of drug-likeness (QED) is 0.344. The molecule has 9 nitrogen and oxygen atoms in total. The highest BCUT2D eigenvalue weighted by Crippen LogP contribution is 2.52. The maximum absolute atomic E-state index is 13.7. The van der Waals surface area contributed by atoms with Crippen molar-refractivity contribution in [2.45, 2.75) is 63.9 Å². The van der Waals surface area contributed by atoms with E-state index < -0.39 is 24.0 Å². The van der Waals surface area contributed by atoms with Crippen LogP contribution in [0.3, 0.4) is 0 Å². The Bertz CT molecular complexity index is 1310. The number of fused-ring (bicyclic) bond motifs is 2. The second-order valence-electron chi connectivity index (χ2n) is 9.88. The maximum atomic E-state index is 13.7. The third-order valence-corrected chi connectivity index (χ3v) is 7.27. The molecule has 0 bridgehead atoms. The maximum Gasteiger partial charge on any atom is 0.342 e. The fraction of sp³-hybridized carbons (Fsp3) is 0.452. The summed E-state index contributed by atoms with van der Waals surface area (Å²) in [6.07, 6.45) is 6.83. The van der Waals surface area contributed by atoms with Crippen LogP contribution in [0.5, 0.6) is 28.7 Å². The number of benzene rings is 2. The van der Waals surface area contributed by atoms with E-state index in [1.165, 1.54) is 28.4 Å². The minimum Gasteiger partial charge on any atom is -0.495 e. The first-order valence-electron chi connectivity index (χ1n) is 13.5. The molecule has 0 N–H and O–H groups in total. The molecular formula is C31H36O9. The van der Waals surface area contributed by atoms with Gasteiger partial charge in [0.25, 0.3) is 0 Å². The first kappa shape index (κ1) is 29.0. The van der Waals surface area contributed by atoms with Gasteiger partial charge in [0.2, 0.25) is 5.75 Å². The Morgan fingerprint density at radius 1 is 0.875 bits per heavy atom. The number of rotatable bonds is 5. The van der Waals surface area contributed by atoms with Crippen LogP contribution >= 0.6 is 0 Å². The Morgan fingerprint density at radius 3 is 2.30 bits per heavy atom. The van der Waals surface area contributed by atoms with Crippen LogP contribution in [0.25, 0.3) is 6.08 Å². The lowest BCUT2D eigenvalue weighted by molar-refractivity contribution is -0.135. The molecular weight excluding hydrogens is 516 g/mol. The Hall–Kier alpha value is -4.01. The lowest BCUT2D eigenvalue weighted by Crippen LogP contribution is -2.24. The van der Waals surface area contributed by atoms with Gasteiger partial charge in [-0.15, -0.1) is 0 Å². The van der Waals surface area contributed by atoms with Crippen molar-refractivity contribution in [3.05, 3.63) is 46.5 Å². The zero-order valence-corrected chi connectivity index (χ0v) is 23.7. The van der Waals surface area contributed by atoms with E-state index in [-0.39, 0.29) is 29.3 Å². The Morgan fingerprint density at radius 2 is 1.60 bits per heavy atom. The molecule has 0 saturated heterocycles. The first-order chi connectivity index (χ1) is 19.3. The van der Waals surface area contributed by atoms with E-state index in [1.807, 2.05) is 13.0 Å². The van der Waals surface area contributed by atoms with E-state index in [0.717, 1.165) is 0 Å². The third-order valence-electron chi connectivity index (χ3n) is 7.27. The highest BCUT2D eigenvalue weighted by Gasteiger charge is 2.38. The van der Waals surface area contributed by atoms with Gasteiger partial charge in [-0.2, -0.15) is 0 Å². The van der Waals surface area contributed by atoms with Crippen LogP contribution in [0.4, 0.5) is 0 Å².